The Bertz CT molecular complexity index is 330. The third kappa shape index (κ3) is 2.99. The fraction of sp³-hybridized carbons (Fsp3) is 0.571. The molecule has 0 aromatic heterocycles. The topological polar surface area (TPSA) is 29.3 Å². The molecule has 2 N–H and O–H groups in total. The molecule has 0 saturated heterocycles. The van der Waals surface area contributed by atoms with E-state index >= 15 is 0 Å². The van der Waals surface area contributed by atoms with E-state index in [1.54, 1.807) is 0 Å². The van der Waals surface area contributed by atoms with Gasteiger partial charge >= 0.3 is 0 Å². The second kappa shape index (κ2) is 5.90. The van der Waals surface area contributed by atoms with E-state index in [4.69, 9.17) is 5.73 Å². The predicted molar refractivity (Wildman–Crippen MR) is 71.4 cm³/mol. The van der Waals surface area contributed by atoms with Crippen molar-refractivity contribution in [3.8, 4) is 0 Å². The smallest absolute Gasteiger partial charge is 0.0346 e. The standard InChI is InChI=1S/C14H24N2/c1-5-13(6-2)16(4)10-12-8-7-9-14(15)11(12)3/h7-9,13H,5-6,10,15H2,1-4H3. The minimum absolute atomic E-state index is 0.667. The van der Waals surface area contributed by atoms with Crippen molar-refractivity contribution in [2.75, 3.05) is 12.8 Å². The molecule has 0 atom stereocenters. The Morgan fingerprint density at radius 1 is 1.25 bits per heavy atom. The van der Waals surface area contributed by atoms with Crippen LogP contribution < -0.4 is 5.73 Å². The molecule has 2 nitrogen and oxygen atoms in total. The summed E-state index contributed by atoms with van der Waals surface area (Å²) in [6.07, 6.45) is 2.41. The molecule has 1 rings (SSSR count). The summed E-state index contributed by atoms with van der Waals surface area (Å²) in [6.45, 7) is 7.59. The number of hydrogen-bond donors (Lipinski definition) is 1. The molecule has 0 saturated carbocycles. The quantitative estimate of drug-likeness (QED) is 0.772. The largest absolute Gasteiger partial charge is 0.399 e. The number of benzene rings is 1. The van der Waals surface area contributed by atoms with Crippen LogP contribution in [0.3, 0.4) is 0 Å². The first-order valence-corrected chi connectivity index (χ1v) is 6.14. The second-order valence-electron chi connectivity index (χ2n) is 4.52. The summed E-state index contributed by atoms with van der Waals surface area (Å²) in [6, 6.07) is 6.85. The number of rotatable bonds is 5. The summed E-state index contributed by atoms with van der Waals surface area (Å²) in [5.41, 5.74) is 9.38. The van der Waals surface area contributed by atoms with Gasteiger partial charge in [-0.1, -0.05) is 26.0 Å². The molecule has 0 bridgehead atoms. The van der Waals surface area contributed by atoms with Gasteiger partial charge in [0, 0.05) is 18.3 Å². The lowest BCUT2D eigenvalue weighted by Crippen LogP contribution is -2.30. The maximum absolute atomic E-state index is 5.92. The normalized spacial score (nSPS) is 11.4. The van der Waals surface area contributed by atoms with Crippen LogP contribution in [0, 0.1) is 6.92 Å². The predicted octanol–water partition coefficient (Wildman–Crippen LogP) is 3.20. The van der Waals surface area contributed by atoms with E-state index in [9.17, 15) is 0 Å². The summed E-state index contributed by atoms with van der Waals surface area (Å²) >= 11 is 0. The van der Waals surface area contributed by atoms with Crippen LogP contribution in [0.2, 0.25) is 0 Å². The van der Waals surface area contributed by atoms with E-state index in [1.807, 2.05) is 12.1 Å². The van der Waals surface area contributed by atoms with Crippen LogP contribution in [0.4, 0.5) is 5.69 Å². The highest BCUT2D eigenvalue weighted by atomic mass is 15.1. The maximum Gasteiger partial charge on any atom is 0.0346 e. The van der Waals surface area contributed by atoms with Gasteiger partial charge in [-0.25, -0.2) is 0 Å². The highest BCUT2D eigenvalue weighted by Crippen LogP contribution is 2.18. The molecule has 0 radical (unpaired) electrons. The van der Waals surface area contributed by atoms with Crippen LogP contribution in [0.15, 0.2) is 18.2 Å². The zero-order chi connectivity index (χ0) is 12.1. The first-order valence-electron chi connectivity index (χ1n) is 6.14. The molecule has 90 valence electrons. The monoisotopic (exact) mass is 220 g/mol. The first kappa shape index (κ1) is 13.0. The highest BCUT2D eigenvalue weighted by Gasteiger charge is 2.12. The molecule has 0 aliphatic carbocycles. The highest BCUT2D eigenvalue weighted by molar-refractivity contribution is 5.49. The van der Waals surface area contributed by atoms with Gasteiger partial charge in [0.25, 0.3) is 0 Å². The molecule has 0 amide bonds. The first-order chi connectivity index (χ1) is 7.60. The third-order valence-electron chi connectivity index (χ3n) is 3.47. The van der Waals surface area contributed by atoms with E-state index in [1.165, 1.54) is 24.0 Å². The van der Waals surface area contributed by atoms with Crippen molar-refractivity contribution in [1.29, 1.82) is 0 Å². The summed E-state index contributed by atoms with van der Waals surface area (Å²) in [5.74, 6) is 0. The van der Waals surface area contributed by atoms with Gasteiger partial charge in [0.1, 0.15) is 0 Å². The van der Waals surface area contributed by atoms with E-state index < -0.39 is 0 Å². The molecule has 0 spiro atoms. The molecule has 0 heterocycles. The Morgan fingerprint density at radius 3 is 2.44 bits per heavy atom. The average Bonchev–Trinajstić information content (AvgIpc) is 2.26. The lowest BCUT2D eigenvalue weighted by atomic mass is 10.0. The molecule has 0 aliphatic rings. The number of nitrogens with two attached hydrogens (primary N) is 1. The molecule has 1 aromatic rings. The van der Waals surface area contributed by atoms with Gasteiger partial charge in [0.05, 0.1) is 0 Å². The molecular formula is C14H24N2. The maximum atomic E-state index is 5.92. The van der Waals surface area contributed by atoms with Crippen molar-refractivity contribution in [2.24, 2.45) is 0 Å². The molecule has 0 unspecified atom stereocenters. The van der Waals surface area contributed by atoms with Crippen molar-refractivity contribution in [3.05, 3.63) is 29.3 Å². The molecule has 16 heavy (non-hydrogen) atoms. The second-order valence-corrected chi connectivity index (χ2v) is 4.52. The Hall–Kier alpha value is -1.02. The molecule has 0 fully saturated rings. The minimum Gasteiger partial charge on any atom is -0.399 e. The number of nitrogens with zero attached hydrogens (tertiary/aromatic N) is 1. The Balaban J connectivity index is 2.76. The zero-order valence-corrected chi connectivity index (χ0v) is 11.0. The summed E-state index contributed by atoms with van der Waals surface area (Å²) in [4.78, 5) is 2.42. The zero-order valence-electron chi connectivity index (χ0n) is 11.0. The van der Waals surface area contributed by atoms with Gasteiger partial charge in [-0.15, -0.1) is 0 Å². The van der Waals surface area contributed by atoms with E-state index in [2.05, 4.69) is 38.8 Å². The summed E-state index contributed by atoms with van der Waals surface area (Å²) in [7, 11) is 2.19. The average molecular weight is 220 g/mol. The fourth-order valence-electron chi connectivity index (χ4n) is 2.18. The van der Waals surface area contributed by atoms with E-state index in [0.717, 1.165) is 12.2 Å². The van der Waals surface area contributed by atoms with Crippen LogP contribution >= 0.6 is 0 Å². The Labute approximate surface area is 99.5 Å². The van der Waals surface area contributed by atoms with Crippen molar-refractivity contribution in [2.45, 2.75) is 46.2 Å². The van der Waals surface area contributed by atoms with Gasteiger partial charge in [-0.05, 0) is 44.0 Å². The summed E-state index contributed by atoms with van der Waals surface area (Å²) < 4.78 is 0. The van der Waals surface area contributed by atoms with Crippen LogP contribution in [-0.4, -0.2) is 18.0 Å². The minimum atomic E-state index is 0.667. The molecule has 0 aliphatic heterocycles. The van der Waals surface area contributed by atoms with Crippen molar-refractivity contribution in [1.82, 2.24) is 4.90 Å². The van der Waals surface area contributed by atoms with Crippen molar-refractivity contribution < 1.29 is 0 Å². The van der Waals surface area contributed by atoms with Gasteiger partial charge in [0.2, 0.25) is 0 Å². The van der Waals surface area contributed by atoms with Crippen LogP contribution in [-0.2, 0) is 6.54 Å². The van der Waals surface area contributed by atoms with E-state index in [-0.39, 0.29) is 0 Å². The van der Waals surface area contributed by atoms with Crippen molar-refractivity contribution >= 4 is 5.69 Å². The van der Waals surface area contributed by atoms with Crippen molar-refractivity contribution in [3.63, 3.8) is 0 Å². The van der Waals surface area contributed by atoms with Gasteiger partial charge in [-0.3, -0.25) is 4.90 Å². The number of hydrogen-bond acceptors (Lipinski definition) is 2. The van der Waals surface area contributed by atoms with Gasteiger partial charge < -0.3 is 5.73 Å². The lowest BCUT2D eigenvalue weighted by molar-refractivity contribution is 0.221. The number of anilines is 1. The molecular weight excluding hydrogens is 196 g/mol. The molecule has 2 heteroatoms. The Kier molecular flexibility index (Phi) is 4.81. The fourth-order valence-corrected chi connectivity index (χ4v) is 2.18. The van der Waals surface area contributed by atoms with E-state index in [0.29, 0.717) is 6.04 Å². The van der Waals surface area contributed by atoms with Crippen LogP contribution in [0.25, 0.3) is 0 Å². The van der Waals surface area contributed by atoms with Crippen LogP contribution in [0.5, 0.6) is 0 Å². The van der Waals surface area contributed by atoms with Crippen LogP contribution in [0.1, 0.15) is 37.8 Å². The van der Waals surface area contributed by atoms with Gasteiger partial charge in [-0.2, -0.15) is 0 Å². The number of nitrogen functional groups attached to an aromatic ring is 1. The lowest BCUT2D eigenvalue weighted by Gasteiger charge is -2.26. The third-order valence-corrected chi connectivity index (χ3v) is 3.47. The Morgan fingerprint density at radius 2 is 1.88 bits per heavy atom. The SMILES string of the molecule is CCC(CC)N(C)Cc1cccc(N)c1C. The summed E-state index contributed by atoms with van der Waals surface area (Å²) in [5, 5.41) is 0. The van der Waals surface area contributed by atoms with Gasteiger partial charge in [0.15, 0.2) is 0 Å². The molecule has 1 aromatic carbocycles.